The number of carbonyl (C=O) groups is 1. The van der Waals surface area contributed by atoms with Gasteiger partial charge in [0.25, 0.3) is 0 Å². The van der Waals surface area contributed by atoms with E-state index in [0.717, 1.165) is 11.4 Å². The van der Waals surface area contributed by atoms with Gasteiger partial charge in [0, 0.05) is 11.6 Å². The predicted octanol–water partition coefficient (Wildman–Crippen LogP) is 1.30. The van der Waals surface area contributed by atoms with Crippen LogP contribution in [0.4, 0.5) is 0 Å². The van der Waals surface area contributed by atoms with Crippen molar-refractivity contribution in [1.29, 1.82) is 0 Å². The van der Waals surface area contributed by atoms with Gasteiger partial charge in [0.2, 0.25) is 0 Å². The van der Waals surface area contributed by atoms with Gasteiger partial charge in [-0.3, -0.25) is 4.79 Å². The molecule has 0 radical (unpaired) electrons. The molecular weight excluding hydrogens is 156 g/mol. The van der Waals surface area contributed by atoms with Crippen LogP contribution in [0, 0.1) is 6.92 Å². The highest BCUT2D eigenvalue weighted by Crippen LogP contribution is 2.18. The smallest absolute Gasteiger partial charge is 0.304 e. The van der Waals surface area contributed by atoms with Gasteiger partial charge in [-0.2, -0.15) is 0 Å². The van der Waals surface area contributed by atoms with Crippen LogP contribution in [0.3, 0.4) is 0 Å². The average Bonchev–Trinajstić information content (AvgIpc) is 2.33. The van der Waals surface area contributed by atoms with Crippen LogP contribution in [0.15, 0.2) is 6.33 Å². The summed E-state index contributed by atoms with van der Waals surface area (Å²) in [7, 11) is 0. The minimum Gasteiger partial charge on any atom is -0.481 e. The van der Waals surface area contributed by atoms with Crippen LogP contribution >= 0.6 is 0 Å². The van der Waals surface area contributed by atoms with Crippen molar-refractivity contribution in [2.24, 2.45) is 0 Å². The molecule has 4 nitrogen and oxygen atoms in total. The number of nitrogens with zero attached hydrogens (tertiary/aromatic N) is 1. The van der Waals surface area contributed by atoms with Crippen LogP contribution in [0.25, 0.3) is 0 Å². The first-order valence-electron chi connectivity index (χ1n) is 3.83. The number of carboxylic acid groups (broad SMARTS) is 1. The Morgan fingerprint density at radius 3 is 2.92 bits per heavy atom. The Morgan fingerprint density at radius 1 is 1.83 bits per heavy atom. The van der Waals surface area contributed by atoms with Crippen LogP contribution < -0.4 is 0 Å². The highest BCUT2D eigenvalue weighted by atomic mass is 16.4. The number of aryl methyl sites for hydroxylation is 1. The monoisotopic (exact) mass is 168 g/mol. The van der Waals surface area contributed by atoms with Crippen LogP contribution in [0.2, 0.25) is 0 Å². The first-order valence-corrected chi connectivity index (χ1v) is 3.83. The summed E-state index contributed by atoms with van der Waals surface area (Å²) >= 11 is 0. The van der Waals surface area contributed by atoms with Crippen molar-refractivity contribution in [2.75, 3.05) is 0 Å². The standard InChI is InChI=1S/C8H12N2O2/c1-5(3-7(11)12)8-6(2)9-4-10-8/h4-5H,3H2,1-2H3,(H,9,10)(H,11,12). The minimum atomic E-state index is -0.787. The molecule has 4 heteroatoms. The number of carboxylic acids is 1. The number of aromatic amines is 1. The van der Waals surface area contributed by atoms with Crippen LogP contribution in [-0.2, 0) is 4.79 Å². The summed E-state index contributed by atoms with van der Waals surface area (Å²) in [4.78, 5) is 17.3. The number of nitrogens with one attached hydrogen (secondary N) is 1. The Morgan fingerprint density at radius 2 is 2.50 bits per heavy atom. The van der Waals surface area contributed by atoms with E-state index >= 15 is 0 Å². The molecule has 1 unspecified atom stereocenters. The molecule has 1 rings (SSSR count). The van der Waals surface area contributed by atoms with Crippen molar-refractivity contribution in [1.82, 2.24) is 9.97 Å². The predicted molar refractivity (Wildman–Crippen MR) is 44.0 cm³/mol. The molecule has 0 saturated carbocycles. The molecule has 0 aromatic carbocycles. The Hall–Kier alpha value is -1.32. The summed E-state index contributed by atoms with van der Waals surface area (Å²) in [5.41, 5.74) is 1.79. The highest BCUT2D eigenvalue weighted by Gasteiger charge is 2.13. The largest absolute Gasteiger partial charge is 0.481 e. The van der Waals surface area contributed by atoms with Crippen molar-refractivity contribution in [2.45, 2.75) is 26.2 Å². The van der Waals surface area contributed by atoms with Crippen molar-refractivity contribution >= 4 is 5.97 Å². The highest BCUT2D eigenvalue weighted by molar-refractivity contribution is 5.67. The third kappa shape index (κ3) is 1.84. The number of rotatable bonds is 3. The van der Waals surface area contributed by atoms with E-state index in [9.17, 15) is 4.79 Å². The van der Waals surface area contributed by atoms with E-state index in [2.05, 4.69) is 9.97 Å². The second-order valence-electron chi connectivity index (χ2n) is 2.91. The molecule has 1 aromatic rings. The van der Waals surface area contributed by atoms with Crippen LogP contribution in [0.5, 0.6) is 0 Å². The molecule has 0 aliphatic carbocycles. The maximum atomic E-state index is 10.4. The second-order valence-corrected chi connectivity index (χ2v) is 2.91. The molecule has 0 aliphatic heterocycles. The Balaban J connectivity index is 2.71. The first-order chi connectivity index (χ1) is 5.61. The first kappa shape index (κ1) is 8.77. The number of imidazole rings is 1. The van der Waals surface area contributed by atoms with Gasteiger partial charge < -0.3 is 10.1 Å². The molecular formula is C8H12N2O2. The molecule has 1 aromatic heterocycles. The van der Waals surface area contributed by atoms with Crippen molar-refractivity contribution in [3.05, 3.63) is 17.7 Å². The summed E-state index contributed by atoms with van der Waals surface area (Å²) in [6.07, 6.45) is 1.72. The van der Waals surface area contributed by atoms with Gasteiger partial charge in [-0.05, 0) is 6.92 Å². The van der Waals surface area contributed by atoms with Gasteiger partial charge in [0.15, 0.2) is 0 Å². The normalized spacial score (nSPS) is 12.8. The molecule has 0 amide bonds. The minimum absolute atomic E-state index is 0.0197. The number of hydrogen-bond acceptors (Lipinski definition) is 2. The maximum Gasteiger partial charge on any atom is 0.304 e. The fourth-order valence-corrected chi connectivity index (χ4v) is 1.22. The summed E-state index contributed by atoms with van der Waals surface area (Å²) in [6.45, 7) is 3.75. The van der Waals surface area contributed by atoms with Gasteiger partial charge in [-0.1, -0.05) is 6.92 Å². The fraction of sp³-hybridized carbons (Fsp3) is 0.500. The summed E-state index contributed by atoms with van der Waals surface area (Å²) in [5, 5.41) is 8.54. The summed E-state index contributed by atoms with van der Waals surface area (Å²) in [5.74, 6) is -0.807. The van der Waals surface area contributed by atoms with Crippen LogP contribution in [-0.4, -0.2) is 21.0 Å². The lowest BCUT2D eigenvalue weighted by atomic mass is 10.0. The molecule has 1 heterocycles. The van der Waals surface area contributed by atoms with Gasteiger partial charge in [0.1, 0.15) is 0 Å². The lowest BCUT2D eigenvalue weighted by Gasteiger charge is -2.05. The van der Waals surface area contributed by atoms with Crippen molar-refractivity contribution in [3.8, 4) is 0 Å². The molecule has 66 valence electrons. The zero-order chi connectivity index (χ0) is 9.14. The van der Waals surface area contributed by atoms with Gasteiger partial charge in [-0.15, -0.1) is 0 Å². The topological polar surface area (TPSA) is 66.0 Å². The zero-order valence-corrected chi connectivity index (χ0v) is 7.16. The molecule has 0 bridgehead atoms. The van der Waals surface area contributed by atoms with E-state index in [0.29, 0.717) is 0 Å². The Kier molecular flexibility index (Phi) is 2.47. The van der Waals surface area contributed by atoms with E-state index in [-0.39, 0.29) is 12.3 Å². The summed E-state index contributed by atoms with van der Waals surface area (Å²) < 4.78 is 0. The molecule has 1 atom stereocenters. The Bertz CT molecular complexity index is 280. The molecule has 0 spiro atoms. The average molecular weight is 168 g/mol. The van der Waals surface area contributed by atoms with E-state index in [1.165, 1.54) is 0 Å². The molecule has 2 N–H and O–H groups in total. The van der Waals surface area contributed by atoms with Crippen molar-refractivity contribution in [3.63, 3.8) is 0 Å². The maximum absolute atomic E-state index is 10.4. The van der Waals surface area contributed by atoms with Gasteiger partial charge in [0.05, 0.1) is 18.4 Å². The zero-order valence-electron chi connectivity index (χ0n) is 7.16. The SMILES string of the molecule is Cc1[nH]cnc1C(C)CC(=O)O. The number of H-pyrrole nitrogens is 1. The third-order valence-electron chi connectivity index (χ3n) is 1.82. The molecule has 0 aliphatic rings. The quantitative estimate of drug-likeness (QED) is 0.714. The van der Waals surface area contributed by atoms with E-state index in [1.807, 2.05) is 13.8 Å². The fourth-order valence-electron chi connectivity index (χ4n) is 1.22. The van der Waals surface area contributed by atoms with Crippen LogP contribution in [0.1, 0.15) is 30.7 Å². The Labute approximate surface area is 70.6 Å². The molecule has 0 saturated heterocycles. The summed E-state index contributed by atoms with van der Waals surface area (Å²) in [6, 6.07) is 0. The lowest BCUT2D eigenvalue weighted by molar-refractivity contribution is -0.137. The van der Waals surface area contributed by atoms with Gasteiger partial charge in [-0.25, -0.2) is 4.98 Å². The number of aliphatic carboxylic acids is 1. The number of hydrogen-bond donors (Lipinski definition) is 2. The van der Waals surface area contributed by atoms with E-state index in [1.54, 1.807) is 6.33 Å². The lowest BCUT2D eigenvalue weighted by Crippen LogP contribution is -2.04. The second kappa shape index (κ2) is 3.38. The van der Waals surface area contributed by atoms with E-state index < -0.39 is 5.97 Å². The van der Waals surface area contributed by atoms with Crippen molar-refractivity contribution < 1.29 is 9.90 Å². The molecule has 0 fully saturated rings. The molecule has 12 heavy (non-hydrogen) atoms. The third-order valence-corrected chi connectivity index (χ3v) is 1.82. The number of aromatic nitrogens is 2. The van der Waals surface area contributed by atoms with Gasteiger partial charge >= 0.3 is 5.97 Å². The van der Waals surface area contributed by atoms with E-state index in [4.69, 9.17) is 5.11 Å².